The smallest absolute Gasteiger partial charge is 0.345 e. The fraction of sp³-hybridized carbons (Fsp3) is 0.0882. The largest absolute Gasteiger partial charge is 0.497 e. The zero-order valence-corrected chi connectivity index (χ0v) is 24.9. The van der Waals surface area contributed by atoms with E-state index < -0.39 is 21.7 Å². The van der Waals surface area contributed by atoms with Gasteiger partial charge in [0.25, 0.3) is 0 Å². The van der Waals surface area contributed by atoms with Crippen molar-refractivity contribution < 1.29 is 17.6 Å². The molecule has 4 aromatic carbocycles. The maximum Gasteiger partial charge on any atom is 0.345 e. The number of sulfonamides is 1. The summed E-state index contributed by atoms with van der Waals surface area (Å²) in [5.74, 6) is 0.717. The maximum absolute atomic E-state index is 13.2. The normalized spacial score (nSPS) is 14.9. The molecule has 1 aliphatic heterocycles. The molecule has 7 rings (SSSR count). The molecule has 0 amide bonds. The number of nitrogens with zero attached hydrogens (tertiary/aromatic N) is 4. The number of hydrogen-bond acceptors (Lipinski definition) is 8. The molecule has 10 nitrogen and oxygen atoms in total. The topological polar surface area (TPSA) is 133 Å². The number of hydrogen-bond donors (Lipinski definition) is 1. The van der Waals surface area contributed by atoms with Crippen LogP contribution < -0.4 is 20.5 Å². The van der Waals surface area contributed by atoms with Gasteiger partial charge in [-0.2, -0.15) is 10.2 Å². The molecule has 0 aliphatic carbocycles. The number of anilines is 1. The minimum atomic E-state index is -3.90. The first-order valence-electron chi connectivity index (χ1n) is 14.1. The van der Waals surface area contributed by atoms with Gasteiger partial charge in [-0.3, -0.25) is 5.01 Å². The molecule has 0 fully saturated rings. The van der Waals surface area contributed by atoms with Crippen LogP contribution in [-0.4, -0.2) is 31.0 Å². The van der Waals surface area contributed by atoms with Crippen LogP contribution in [0.3, 0.4) is 0 Å². The molecule has 0 saturated carbocycles. The Balaban J connectivity index is 1.40. The van der Waals surface area contributed by atoms with Gasteiger partial charge in [0.15, 0.2) is 0 Å². The highest BCUT2D eigenvalue weighted by molar-refractivity contribution is 7.89. The number of nitrogens with two attached hydrogens (primary N) is 1. The molecule has 224 valence electrons. The van der Waals surface area contributed by atoms with Crippen LogP contribution >= 0.6 is 0 Å². The lowest BCUT2D eigenvalue weighted by Crippen LogP contribution is -2.19. The van der Waals surface area contributed by atoms with Crippen molar-refractivity contribution in [1.82, 2.24) is 9.78 Å². The molecule has 11 heteroatoms. The third-order valence-corrected chi connectivity index (χ3v) is 8.71. The minimum absolute atomic E-state index is 0.0165. The summed E-state index contributed by atoms with van der Waals surface area (Å²) in [5, 5.41) is 17.9. The van der Waals surface area contributed by atoms with Crippen LogP contribution in [0, 0.1) is 0 Å². The number of hydrazone groups is 1. The monoisotopic (exact) mass is 617 g/mol. The highest BCUT2D eigenvalue weighted by Gasteiger charge is 2.35. The molecule has 3 heterocycles. The van der Waals surface area contributed by atoms with Crippen molar-refractivity contribution in [3.63, 3.8) is 0 Å². The Hall–Kier alpha value is -5.52. The molecule has 0 radical (unpaired) electrons. The SMILES string of the molecule is COc1ccc(-c2nn(-c3ccccc3)cc2C2CC(c3cc4ccccc4oc3=O)=NN2c2ccc(S(N)(=O)=O)cc2)cc1. The van der Waals surface area contributed by atoms with Crippen molar-refractivity contribution in [3.8, 4) is 22.7 Å². The number of benzene rings is 4. The molecule has 6 aromatic rings. The van der Waals surface area contributed by atoms with E-state index in [-0.39, 0.29) is 4.90 Å². The van der Waals surface area contributed by atoms with Gasteiger partial charge in [0.1, 0.15) is 11.3 Å². The average molecular weight is 618 g/mol. The molecule has 45 heavy (non-hydrogen) atoms. The Bertz CT molecular complexity index is 2230. The number of ether oxygens (including phenoxy) is 1. The van der Waals surface area contributed by atoms with Gasteiger partial charge < -0.3 is 9.15 Å². The molecule has 1 atom stereocenters. The summed E-state index contributed by atoms with van der Waals surface area (Å²) in [6, 6.07) is 32.3. The number of aromatic nitrogens is 2. The van der Waals surface area contributed by atoms with E-state index in [1.807, 2.05) is 83.7 Å². The van der Waals surface area contributed by atoms with Gasteiger partial charge >= 0.3 is 5.63 Å². The van der Waals surface area contributed by atoms with Crippen molar-refractivity contribution >= 4 is 32.4 Å². The average Bonchev–Trinajstić information content (AvgIpc) is 3.70. The van der Waals surface area contributed by atoms with E-state index in [4.69, 9.17) is 24.5 Å². The van der Waals surface area contributed by atoms with Crippen molar-refractivity contribution in [3.05, 3.63) is 137 Å². The molecule has 2 aromatic heterocycles. The third kappa shape index (κ3) is 5.39. The number of fused-ring (bicyclic) bond motifs is 1. The van der Waals surface area contributed by atoms with E-state index in [2.05, 4.69) is 0 Å². The molecule has 1 aliphatic rings. The van der Waals surface area contributed by atoms with Crippen LogP contribution in [0.25, 0.3) is 27.9 Å². The Morgan fingerprint density at radius 1 is 0.889 bits per heavy atom. The fourth-order valence-corrected chi connectivity index (χ4v) is 6.04. The number of methoxy groups -OCH3 is 1. The lowest BCUT2D eigenvalue weighted by molar-refractivity contribution is 0.415. The van der Waals surface area contributed by atoms with Gasteiger partial charge in [-0.15, -0.1) is 0 Å². The van der Waals surface area contributed by atoms with Crippen molar-refractivity contribution in [2.75, 3.05) is 12.1 Å². The second-order valence-electron chi connectivity index (χ2n) is 10.6. The van der Waals surface area contributed by atoms with Gasteiger partial charge in [0, 0.05) is 29.1 Å². The van der Waals surface area contributed by atoms with Gasteiger partial charge in [-0.05, 0) is 72.8 Å². The summed E-state index contributed by atoms with van der Waals surface area (Å²) in [6.45, 7) is 0. The molecular weight excluding hydrogens is 590 g/mol. The van der Waals surface area contributed by atoms with Crippen molar-refractivity contribution in [2.45, 2.75) is 17.4 Å². The quantitative estimate of drug-likeness (QED) is 0.229. The highest BCUT2D eigenvalue weighted by Crippen LogP contribution is 2.41. The predicted octanol–water partition coefficient (Wildman–Crippen LogP) is 5.66. The van der Waals surface area contributed by atoms with E-state index in [9.17, 15) is 13.2 Å². The molecular formula is C34H27N5O5S. The standard InChI is InChI=1S/C34H27N5O5S/c1-43-26-15-11-22(12-16-26)33-29(21-38(37-33)24-8-3-2-4-9-24)31-20-30(28-19-23-7-5-6-10-32(23)44-34(28)40)36-39(31)25-13-17-27(18-14-25)45(35,41)42/h2-19,21,31H,20H2,1H3,(H2,35,41,42). The van der Waals surface area contributed by atoms with Crippen LogP contribution in [0.15, 0.2) is 135 Å². The van der Waals surface area contributed by atoms with E-state index >= 15 is 0 Å². The number of primary sulfonamides is 1. The van der Waals surface area contributed by atoms with Gasteiger partial charge in [0.2, 0.25) is 10.0 Å². The summed E-state index contributed by atoms with van der Waals surface area (Å²) in [4.78, 5) is 13.2. The number of para-hydroxylation sites is 2. The van der Waals surface area contributed by atoms with E-state index in [1.54, 1.807) is 36.4 Å². The van der Waals surface area contributed by atoms with E-state index in [0.717, 1.165) is 27.9 Å². The van der Waals surface area contributed by atoms with Crippen molar-refractivity contribution in [2.24, 2.45) is 10.2 Å². The second kappa shape index (κ2) is 11.2. The fourth-order valence-electron chi connectivity index (χ4n) is 5.52. The molecule has 0 saturated heterocycles. The van der Waals surface area contributed by atoms with Gasteiger partial charge in [0.05, 0.1) is 46.4 Å². The summed E-state index contributed by atoms with van der Waals surface area (Å²) < 4.78 is 36.8. The molecule has 0 bridgehead atoms. The Kier molecular flexibility index (Phi) is 7.03. The second-order valence-corrected chi connectivity index (χ2v) is 12.1. The Morgan fingerprint density at radius 2 is 1.60 bits per heavy atom. The lowest BCUT2D eigenvalue weighted by Gasteiger charge is -2.24. The van der Waals surface area contributed by atoms with Gasteiger partial charge in [-0.1, -0.05) is 36.4 Å². The van der Waals surface area contributed by atoms with Crippen LogP contribution in [0.2, 0.25) is 0 Å². The van der Waals surface area contributed by atoms with Gasteiger partial charge in [-0.25, -0.2) is 23.0 Å². The highest BCUT2D eigenvalue weighted by atomic mass is 32.2. The predicted molar refractivity (Wildman–Crippen MR) is 172 cm³/mol. The zero-order valence-electron chi connectivity index (χ0n) is 24.1. The summed E-state index contributed by atoms with van der Waals surface area (Å²) in [7, 11) is -2.28. The first-order chi connectivity index (χ1) is 21.8. The Labute approximate surface area is 258 Å². The van der Waals surface area contributed by atoms with Crippen LogP contribution in [0.5, 0.6) is 5.75 Å². The minimum Gasteiger partial charge on any atom is -0.497 e. The zero-order chi connectivity index (χ0) is 31.1. The van der Waals surface area contributed by atoms with Crippen LogP contribution in [0.4, 0.5) is 5.69 Å². The molecule has 1 unspecified atom stereocenters. The first kappa shape index (κ1) is 28.3. The van der Waals surface area contributed by atoms with Crippen LogP contribution in [0.1, 0.15) is 23.6 Å². The summed E-state index contributed by atoms with van der Waals surface area (Å²) in [5.41, 5.74) is 4.80. The van der Waals surface area contributed by atoms with Crippen LogP contribution in [-0.2, 0) is 10.0 Å². The summed E-state index contributed by atoms with van der Waals surface area (Å²) in [6.07, 6.45) is 2.32. The molecule has 2 N–H and O–H groups in total. The third-order valence-electron chi connectivity index (χ3n) is 7.78. The lowest BCUT2D eigenvalue weighted by atomic mass is 9.96. The van der Waals surface area contributed by atoms with E-state index in [0.29, 0.717) is 34.7 Å². The number of rotatable bonds is 7. The molecule has 0 spiro atoms. The maximum atomic E-state index is 13.2. The summed E-state index contributed by atoms with van der Waals surface area (Å²) >= 11 is 0. The Morgan fingerprint density at radius 3 is 2.31 bits per heavy atom. The first-order valence-corrected chi connectivity index (χ1v) is 15.7. The van der Waals surface area contributed by atoms with E-state index in [1.165, 1.54) is 12.1 Å². The van der Waals surface area contributed by atoms with Crippen molar-refractivity contribution in [1.29, 1.82) is 0 Å².